The first kappa shape index (κ1) is 14.2. The molecule has 1 aliphatic rings. The van der Waals surface area contributed by atoms with Crippen LogP contribution < -0.4 is 5.73 Å². The number of aliphatic imine (C=N–C) groups is 1. The third kappa shape index (κ3) is 2.82. The van der Waals surface area contributed by atoms with Crippen molar-refractivity contribution in [1.82, 2.24) is 9.97 Å². The van der Waals surface area contributed by atoms with E-state index in [0.29, 0.717) is 10.9 Å². The molecule has 22 heavy (non-hydrogen) atoms. The van der Waals surface area contributed by atoms with E-state index in [1.54, 1.807) is 6.20 Å². The zero-order chi connectivity index (χ0) is 15.6. The van der Waals surface area contributed by atoms with Gasteiger partial charge in [-0.15, -0.1) is 0 Å². The zero-order valence-electron chi connectivity index (χ0n) is 12.5. The second-order valence-electron chi connectivity index (χ2n) is 5.60. The van der Waals surface area contributed by atoms with Crippen LogP contribution in [0.25, 0.3) is 0 Å². The summed E-state index contributed by atoms with van der Waals surface area (Å²) in [5, 5.41) is 7.56. The number of likely N-dealkylation sites (N-methyl/N-ethyl adjacent to an activating group) is 1. The zero-order valence-corrected chi connectivity index (χ0v) is 12.5. The van der Waals surface area contributed by atoms with Gasteiger partial charge in [0.1, 0.15) is 30.8 Å². The predicted molar refractivity (Wildman–Crippen MR) is 86.2 cm³/mol. The van der Waals surface area contributed by atoms with E-state index in [1.807, 2.05) is 36.7 Å². The van der Waals surface area contributed by atoms with Gasteiger partial charge in [0.15, 0.2) is 0 Å². The van der Waals surface area contributed by atoms with Gasteiger partial charge in [-0.25, -0.2) is 14.5 Å². The number of nitrogens with two attached hydrogens (primary N) is 1. The van der Waals surface area contributed by atoms with Gasteiger partial charge in [-0.3, -0.25) is 5.41 Å². The first-order valence-electron chi connectivity index (χ1n) is 7.08. The van der Waals surface area contributed by atoms with Crippen molar-refractivity contribution in [3.05, 3.63) is 66.0 Å². The minimum Gasteiger partial charge on any atom is -0.384 e. The Bertz CT molecular complexity index is 744. The number of amidine groups is 2. The molecule has 1 unspecified atom stereocenters. The van der Waals surface area contributed by atoms with Crippen molar-refractivity contribution in [3.8, 4) is 0 Å². The molecule has 0 radical (unpaired) electrons. The molecule has 0 fully saturated rings. The third-order valence-corrected chi connectivity index (χ3v) is 3.84. The minimum atomic E-state index is 0.0888. The van der Waals surface area contributed by atoms with Crippen molar-refractivity contribution in [3.63, 3.8) is 0 Å². The summed E-state index contributed by atoms with van der Waals surface area (Å²) in [6.07, 6.45) is 8.16. The smallest absolute Gasteiger partial charge is 0.215 e. The van der Waals surface area contributed by atoms with Gasteiger partial charge in [0, 0.05) is 23.5 Å². The maximum atomic E-state index is 7.56. The van der Waals surface area contributed by atoms with Crippen molar-refractivity contribution in [2.75, 3.05) is 7.05 Å². The van der Waals surface area contributed by atoms with Crippen LogP contribution in [0.4, 0.5) is 0 Å². The lowest BCUT2D eigenvalue weighted by Crippen LogP contribution is -2.42. The van der Waals surface area contributed by atoms with Crippen molar-refractivity contribution < 1.29 is 4.48 Å². The number of hydrogen-bond donors (Lipinski definition) is 3. The Labute approximate surface area is 129 Å². The van der Waals surface area contributed by atoms with Crippen molar-refractivity contribution in [2.24, 2.45) is 10.7 Å². The number of hydrogen-bond acceptors (Lipinski definition) is 3. The molecule has 2 heterocycles. The van der Waals surface area contributed by atoms with E-state index >= 15 is 0 Å². The fourth-order valence-corrected chi connectivity index (χ4v) is 2.62. The molecule has 0 spiro atoms. The number of rotatable bonds is 5. The van der Waals surface area contributed by atoms with Crippen LogP contribution in [0.15, 0.2) is 54.1 Å². The Kier molecular flexibility index (Phi) is 3.60. The number of imidazole rings is 1. The van der Waals surface area contributed by atoms with E-state index < -0.39 is 0 Å². The Morgan fingerprint density at radius 2 is 2.27 bits per heavy atom. The van der Waals surface area contributed by atoms with Crippen LogP contribution in [0.5, 0.6) is 0 Å². The highest BCUT2D eigenvalue weighted by molar-refractivity contribution is 5.95. The highest BCUT2D eigenvalue weighted by Crippen LogP contribution is 2.21. The summed E-state index contributed by atoms with van der Waals surface area (Å²) >= 11 is 0. The molecule has 1 atom stereocenters. The second kappa shape index (κ2) is 5.57. The number of nitrogens with one attached hydrogen (secondary N) is 2. The van der Waals surface area contributed by atoms with Gasteiger partial charge in [-0.05, 0) is 6.07 Å². The molecule has 1 aromatic carbocycles. The molecule has 1 aliphatic heterocycles. The van der Waals surface area contributed by atoms with E-state index in [-0.39, 0.29) is 5.84 Å². The highest BCUT2D eigenvalue weighted by Gasteiger charge is 2.31. The van der Waals surface area contributed by atoms with Crippen molar-refractivity contribution in [1.29, 1.82) is 5.41 Å². The Balaban J connectivity index is 1.81. The summed E-state index contributed by atoms with van der Waals surface area (Å²) < 4.78 is 0.599. The van der Waals surface area contributed by atoms with Crippen LogP contribution in [0, 0.1) is 5.41 Å². The second-order valence-corrected chi connectivity index (χ2v) is 5.60. The molecule has 6 heteroatoms. The normalized spacial score (nSPS) is 20.1. The predicted octanol–water partition coefficient (Wildman–Crippen LogP) is 1.77. The molecule has 112 valence electrons. The molecule has 6 nitrogen and oxygen atoms in total. The standard InChI is InChI=1S/C16H19N6/c1-22(11-12-3-2-4-13(9-12)16(17)18)8-7-21-15(22)10-14-19-5-6-20-14/h2-9H,10-11H2,1H3,(H3,17,18)(H,19,20)/q+1. The van der Waals surface area contributed by atoms with Crippen molar-refractivity contribution >= 4 is 11.7 Å². The van der Waals surface area contributed by atoms with E-state index in [2.05, 4.69) is 28.2 Å². The summed E-state index contributed by atoms with van der Waals surface area (Å²) in [7, 11) is 2.12. The fraction of sp³-hybridized carbons (Fsp3) is 0.188. The van der Waals surface area contributed by atoms with Gasteiger partial charge in [-0.1, -0.05) is 18.2 Å². The first-order chi connectivity index (χ1) is 10.6. The Morgan fingerprint density at radius 1 is 1.41 bits per heavy atom. The van der Waals surface area contributed by atoms with Gasteiger partial charge in [0.25, 0.3) is 0 Å². The first-order valence-corrected chi connectivity index (χ1v) is 7.08. The monoisotopic (exact) mass is 295 g/mol. The van der Waals surface area contributed by atoms with Crippen LogP contribution >= 0.6 is 0 Å². The molecule has 0 aliphatic carbocycles. The Morgan fingerprint density at radius 3 is 3.00 bits per heavy atom. The van der Waals surface area contributed by atoms with Crippen LogP contribution in [0.2, 0.25) is 0 Å². The maximum absolute atomic E-state index is 7.56. The molecule has 0 amide bonds. The minimum absolute atomic E-state index is 0.0888. The van der Waals surface area contributed by atoms with Gasteiger partial charge in [-0.2, -0.15) is 0 Å². The number of aromatic amines is 1. The molecular formula is C16H19N6+. The summed E-state index contributed by atoms with van der Waals surface area (Å²) in [6, 6.07) is 7.79. The van der Waals surface area contributed by atoms with E-state index in [1.165, 1.54) is 0 Å². The van der Waals surface area contributed by atoms with Gasteiger partial charge >= 0.3 is 0 Å². The lowest BCUT2D eigenvalue weighted by Gasteiger charge is -2.27. The quantitative estimate of drug-likeness (QED) is 0.445. The van der Waals surface area contributed by atoms with Crippen LogP contribution in [0.1, 0.15) is 17.0 Å². The average molecular weight is 295 g/mol. The Hall–Kier alpha value is -2.73. The molecule has 1 aromatic heterocycles. The molecule has 3 rings (SSSR count). The summed E-state index contributed by atoms with van der Waals surface area (Å²) in [5.41, 5.74) is 7.44. The van der Waals surface area contributed by atoms with Gasteiger partial charge in [0.2, 0.25) is 5.84 Å². The number of nitrogen functional groups attached to an aromatic ring is 1. The number of quaternary nitrogens is 1. The van der Waals surface area contributed by atoms with E-state index in [4.69, 9.17) is 11.1 Å². The van der Waals surface area contributed by atoms with Crippen LogP contribution in [-0.4, -0.2) is 33.2 Å². The van der Waals surface area contributed by atoms with Gasteiger partial charge < -0.3 is 10.7 Å². The highest BCUT2D eigenvalue weighted by atomic mass is 15.4. The van der Waals surface area contributed by atoms with Crippen LogP contribution in [0.3, 0.4) is 0 Å². The molecule has 0 saturated carbocycles. The van der Waals surface area contributed by atoms with E-state index in [0.717, 1.165) is 29.3 Å². The molecule has 2 aromatic rings. The van der Waals surface area contributed by atoms with E-state index in [9.17, 15) is 0 Å². The molecule has 0 bridgehead atoms. The third-order valence-electron chi connectivity index (χ3n) is 3.84. The largest absolute Gasteiger partial charge is 0.384 e. The molecule has 4 N–H and O–H groups in total. The number of H-pyrrole nitrogens is 1. The van der Waals surface area contributed by atoms with Crippen LogP contribution in [-0.2, 0) is 13.0 Å². The molecule has 0 saturated heterocycles. The number of aromatic nitrogens is 2. The fourth-order valence-electron chi connectivity index (χ4n) is 2.62. The summed E-state index contributed by atoms with van der Waals surface area (Å²) in [5.74, 6) is 2.03. The van der Waals surface area contributed by atoms with Crippen molar-refractivity contribution in [2.45, 2.75) is 13.0 Å². The number of nitrogens with zero attached hydrogens (tertiary/aromatic N) is 3. The SMILES string of the molecule is C[N+]1(Cc2cccc(C(=N)N)c2)C=CN=C1Cc1ncc[nH]1. The maximum Gasteiger partial charge on any atom is 0.215 e. The molecular weight excluding hydrogens is 276 g/mol. The number of benzene rings is 1. The topological polar surface area (TPSA) is 90.9 Å². The summed E-state index contributed by atoms with van der Waals surface area (Å²) in [4.78, 5) is 11.9. The van der Waals surface area contributed by atoms with Gasteiger partial charge in [0.05, 0.1) is 13.2 Å². The lowest BCUT2D eigenvalue weighted by atomic mass is 10.1. The average Bonchev–Trinajstić information content (AvgIpc) is 3.11. The summed E-state index contributed by atoms with van der Waals surface area (Å²) in [6.45, 7) is 0.761. The lowest BCUT2D eigenvalue weighted by molar-refractivity contribution is -0.779.